The lowest BCUT2D eigenvalue weighted by Crippen LogP contribution is -2.38. The van der Waals surface area contributed by atoms with Gasteiger partial charge < -0.3 is 9.80 Å². The number of para-hydroxylation sites is 1. The van der Waals surface area contributed by atoms with Gasteiger partial charge in [-0.1, -0.05) is 24.6 Å². The predicted molar refractivity (Wildman–Crippen MR) is 80.0 cm³/mol. The number of nitrogens with zero attached hydrogens (tertiary/aromatic N) is 2. The zero-order valence-electron chi connectivity index (χ0n) is 10.7. The van der Waals surface area contributed by atoms with Crippen LogP contribution >= 0.6 is 10.5 Å². The Bertz CT molecular complexity index is 463. The zero-order chi connectivity index (χ0) is 13.1. The second-order valence-electron chi connectivity index (χ2n) is 4.43. The van der Waals surface area contributed by atoms with Gasteiger partial charge in [0, 0.05) is 31.6 Å². The van der Waals surface area contributed by atoms with Gasteiger partial charge >= 0.3 is 0 Å². The number of anilines is 1. The molecule has 1 heterocycles. The lowest BCUT2D eigenvalue weighted by atomic mass is 10.3. The van der Waals surface area contributed by atoms with Gasteiger partial charge in [-0.3, -0.25) is 0 Å². The van der Waals surface area contributed by atoms with E-state index in [0.29, 0.717) is 5.69 Å². The Morgan fingerprint density at radius 2 is 1.94 bits per heavy atom. The Morgan fingerprint density at radius 1 is 1.33 bits per heavy atom. The van der Waals surface area contributed by atoms with Crippen molar-refractivity contribution in [1.29, 1.82) is 0 Å². The maximum atomic E-state index is 13.7. The van der Waals surface area contributed by atoms with Crippen LogP contribution in [0, 0.1) is 5.82 Å². The molecule has 1 aromatic carbocycles. The van der Waals surface area contributed by atoms with Crippen LogP contribution in [0.3, 0.4) is 0 Å². The fourth-order valence-corrected chi connectivity index (χ4v) is 3.19. The smallest absolute Gasteiger partial charge is 0.146 e. The molecule has 2 nitrogen and oxygen atoms in total. The maximum absolute atomic E-state index is 13.7. The van der Waals surface area contributed by atoms with Gasteiger partial charge in [-0.15, -0.1) is 0 Å². The van der Waals surface area contributed by atoms with Crippen molar-refractivity contribution < 1.29 is 4.39 Å². The Morgan fingerprint density at radius 3 is 2.56 bits per heavy atom. The van der Waals surface area contributed by atoms with E-state index in [-0.39, 0.29) is 16.3 Å². The predicted octanol–water partition coefficient (Wildman–Crippen LogP) is 2.75. The first-order chi connectivity index (χ1) is 8.59. The molecule has 0 bridgehead atoms. The molecule has 0 aromatic heterocycles. The molecule has 0 atom stereocenters. The molecule has 0 amide bonds. The molecule has 0 spiro atoms. The summed E-state index contributed by atoms with van der Waals surface area (Å²) in [7, 11) is 2.15. The summed E-state index contributed by atoms with van der Waals surface area (Å²) in [6, 6.07) is 6.79. The van der Waals surface area contributed by atoms with E-state index in [1.165, 1.54) is 6.07 Å². The van der Waals surface area contributed by atoms with Crippen molar-refractivity contribution in [3.8, 4) is 0 Å². The van der Waals surface area contributed by atoms with Crippen LogP contribution in [-0.4, -0.2) is 42.4 Å². The van der Waals surface area contributed by atoms with Crippen LogP contribution in [-0.2, 0) is 0 Å². The van der Waals surface area contributed by atoms with Crippen LogP contribution in [0.2, 0.25) is 0 Å². The van der Waals surface area contributed by atoms with Gasteiger partial charge in [-0.2, -0.15) is 10.5 Å². The van der Waals surface area contributed by atoms with E-state index in [2.05, 4.69) is 17.3 Å². The van der Waals surface area contributed by atoms with Crippen LogP contribution in [0.15, 0.2) is 36.7 Å². The van der Waals surface area contributed by atoms with E-state index in [9.17, 15) is 4.39 Å². The van der Waals surface area contributed by atoms with Crippen molar-refractivity contribution in [2.24, 2.45) is 0 Å². The molecule has 1 aliphatic rings. The summed E-state index contributed by atoms with van der Waals surface area (Å²) < 4.78 is 13.7. The van der Waals surface area contributed by atoms with Crippen molar-refractivity contribution in [2.75, 3.05) is 36.5 Å². The lowest BCUT2D eigenvalue weighted by molar-refractivity contribution is 0.372. The molecule has 1 aliphatic heterocycles. The highest BCUT2D eigenvalue weighted by molar-refractivity contribution is 8.14. The molecule has 0 unspecified atom stereocenters. The molecule has 2 rings (SSSR count). The normalized spacial score (nSPS) is 16.7. The minimum atomic E-state index is -0.213. The number of rotatable bonds is 3. The topological polar surface area (TPSA) is 6.48 Å². The van der Waals surface area contributed by atoms with Gasteiger partial charge in [-0.05, 0) is 12.1 Å². The van der Waals surface area contributed by atoms with E-state index in [0.717, 1.165) is 30.4 Å². The first-order valence-electron chi connectivity index (χ1n) is 5.99. The average Bonchev–Trinajstić information content (AvgIpc) is 2.38. The van der Waals surface area contributed by atoms with E-state index in [4.69, 9.17) is 0 Å². The molecular weight excluding hydrogens is 247 g/mol. The highest BCUT2D eigenvalue weighted by Gasteiger charge is 2.18. The highest BCUT2D eigenvalue weighted by Crippen LogP contribution is 2.24. The third-order valence-electron chi connectivity index (χ3n) is 3.27. The van der Waals surface area contributed by atoms with Crippen molar-refractivity contribution >= 4 is 22.0 Å². The van der Waals surface area contributed by atoms with E-state index < -0.39 is 0 Å². The van der Waals surface area contributed by atoms with E-state index in [1.54, 1.807) is 12.1 Å². The van der Waals surface area contributed by atoms with Gasteiger partial charge in [0.2, 0.25) is 0 Å². The van der Waals surface area contributed by atoms with Crippen molar-refractivity contribution in [2.45, 2.75) is 0 Å². The van der Waals surface area contributed by atoms with Crippen molar-refractivity contribution in [3.05, 3.63) is 42.5 Å². The monoisotopic (exact) mass is 266 g/mol. The zero-order valence-corrected chi connectivity index (χ0v) is 11.5. The molecule has 0 saturated carbocycles. The third kappa shape index (κ3) is 2.75. The Balaban J connectivity index is 2.09. The fraction of sp³-hybridized carbons (Fsp3) is 0.357. The average molecular weight is 266 g/mol. The summed E-state index contributed by atoms with van der Waals surface area (Å²) in [6.07, 6.45) is 0. The molecule has 0 radical (unpaired) electrons. The quantitative estimate of drug-likeness (QED) is 0.776. The highest BCUT2D eigenvalue weighted by atomic mass is 32.2. The standard InChI is InChI=1S/C14H19FN2S/c1-12(17-8-10-18(3)11-9-17)16(2)14-7-5-4-6-13(14)15/h4-7H,1,3,8-11H2,2H3. The van der Waals surface area contributed by atoms with Crippen LogP contribution in [0.1, 0.15) is 0 Å². The fourth-order valence-electron chi connectivity index (χ4n) is 2.03. The molecule has 4 heteroatoms. The summed E-state index contributed by atoms with van der Waals surface area (Å²) in [6.45, 7) is 6.01. The third-order valence-corrected chi connectivity index (χ3v) is 4.79. The molecule has 18 heavy (non-hydrogen) atoms. The number of hydrogen-bond acceptors (Lipinski definition) is 2. The van der Waals surface area contributed by atoms with Crippen LogP contribution in [0.25, 0.3) is 0 Å². The number of benzene rings is 1. The van der Waals surface area contributed by atoms with Gasteiger partial charge in [0.25, 0.3) is 0 Å². The Labute approximate surface area is 111 Å². The van der Waals surface area contributed by atoms with Crippen LogP contribution in [0.4, 0.5) is 10.1 Å². The Kier molecular flexibility index (Phi) is 4.07. The molecule has 0 aliphatic carbocycles. The summed E-state index contributed by atoms with van der Waals surface area (Å²) >= 11 is 0. The molecule has 98 valence electrons. The summed E-state index contributed by atoms with van der Waals surface area (Å²) in [5.74, 6) is 6.95. The van der Waals surface area contributed by atoms with E-state index in [1.807, 2.05) is 18.0 Å². The van der Waals surface area contributed by atoms with Gasteiger partial charge in [0.15, 0.2) is 0 Å². The molecule has 1 fully saturated rings. The van der Waals surface area contributed by atoms with Gasteiger partial charge in [-0.25, -0.2) is 4.39 Å². The lowest BCUT2D eigenvalue weighted by Gasteiger charge is -2.36. The van der Waals surface area contributed by atoms with Crippen LogP contribution in [0.5, 0.6) is 0 Å². The van der Waals surface area contributed by atoms with Crippen molar-refractivity contribution in [1.82, 2.24) is 4.90 Å². The molecular formula is C14H19FN2S. The van der Waals surface area contributed by atoms with Crippen molar-refractivity contribution in [3.63, 3.8) is 0 Å². The first-order valence-corrected chi connectivity index (χ1v) is 7.72. The van der Waals surface area contributed by atoms with E-state index >= 15 is 0 Å². The SMILES string of the molecule is C=C(N1CCS(=C)CC1)N(C)c1ccccc1F. The second-order valence-corrected chi connectivity index (χ2v) is 6.48. The van der Waals surface area contributed by atoms with Gasteiger partial charge in [0.05, 0.1) is 5.69 Å². The second kappa shape index (κ2) is 5.57. The largest absolute Gasteiger partial charge is 0.357 e. The number of halogens is 1. The summed E-state index contributed by atoms with van der Waals surface area (Å²) in [5.41, 5.74) is 0.571. The molecule has 1 saturated heterocycles. The molecule has 1 aromatic rings. The minimum absolute atomic E-state index is 0.213. The summed E-state index contributed by atoms with van der Waals surface area (Å²) in [5, 5.41) is 0. The maximum Gasteiger partial charge on any atom is 0.146 e. The first kappa shape index (κ1) is 13.1. The summed E-state index contributed by atoms with van der Waals surface area (Å²) in [4.78, 5) is 4.03. The Hall–Kier alpha value is -1.29. The van der Waals surface area contributed by atoms with Gasteiger partial charge in [0.1, 0.15) is 11.6 Å². The van der Waals surface area contributed by atoms with Crippen LogP contribution < -0.4 is 4.90 Å². The number of hydrogen-bond donors (Lipinski definition) is 0. The minimum Gasteiger partial charge on any atom is -0.357 e. The molecule has 0 N–H and O–H groups in total.